The van der Waals surface area contributed by atoms with Crippen molar-refractivity contribution in [3.63, 3.8) is 0 Å². The molecule has 3 aromatic rings. The second kappa shape index (κ2) is 8.41. The molecule has 130 valence electrons. The van der Waals surface area contributed by atoms with Gasteiger partial charge in [0.15, 0.2) is 5.11 Å². The van der Waals surface area contributed by atoms with E-state index in [9.17, 15) is 4.79 Å². The molecule has 0 aromatic heterocycles. The number of hydrogen-bond donors (Lipinski definition) is 2. The predicted octanol–water partition coefficient (Wildman–Crippen LogP) is 4.47. The Bertz CT molecular complexity index is 888. The van der Waals surface area contributed by atoms with Gasteiger partial charge < -0.3 is 5.32 Å². The van der Waals surface area contributed by atoms with Gasteiger partial charge in [-0.25, -0.2) is 0 Å². The lowest BCUT2D eigenvalue weighted by molar-refractivity contribution is 0.0976. The number of nitrogens with one attached hydrogen (secondary N) is 2. The molecule has 3 aromatic carbocycles. The lowest BCUT2D eigenvalue weighted by Crippen LogP contribution is -2.38. The van der Waals surface area contributed by atoms with Crippen molar-refractivity contribution >= 4 is 23.2 Å². The van der Waals surface area contributed by atoms with Crippen LogP contribution in [0, 0.1) is 6.92 Å². The van der Waals surface area contributed by atoms with E-state index >= 15 is 0 Å². The van der Waals surface area contributed by atoms with Crippen LogP contribution in [0.2, 0.25) is 0 Å². The number of thiocarbonyl (C=S) groups is 1. The highest BCUT2D eigenvalue weighted by Crippen LogP contribution is 2.19. The minimum absolute atomic E-state index is 0.217. The molecule has 0 spiro atoms. The molecule has 0 aliphatic rings. The van der Waals surface area contributed by atoms with Gasteiger partial charge in [-0.15, -0.1) is 0 Å². The maximum atomic E-state index is 12.3. The van der Waals surface area contributed by atoms with Crippen molar-refractivity contribution in [3.8, 4) is 11.1 Å². The molecule has 0 fully saturated rings. The lowest BCUT2D eigenvalue weighted by Gasteiger charge is -2.10. The van der Waals surface area contributed by atoms with Gasteiger partial charge in [0, 0.05) is 12.1 Å². The number of carbonyl (C=O) groups excluding carboxylic acids is 1. The smallest absolute Gasteiger partial charge is 0.257 e. The molecule has 0 unspecified atom stereocenters. The van der Waals surface area contributed by atoms with E-state index in [0.717, 1.165) is 16.7 Å². The van der Waals surface area contributed by atoms with Crippen LogP contribution in [0.5, 0.6) is 0 Å². The topological polar surface area (TPSA) is 41.1 Å². The fraction of sp³-hybridized carbons (Fsp3) is 0.0909. The van der Waals surface area contributed by atoms with Gasteiger partial charge in [0.1, 0.15) is 0 Å². The first-order valence-corrected chi connectivity index (χ1v) is 8.83. The van der Waals surface area contributed by atoms with Crippen LogP contribution in [0.4, 0.5) is 0 Å². The average Bonchev–Trinajstić information content (AvgIpc) is 2.68. The molecule has 3 nitrogen and oxygen atoms in total. The fourth-order valence-electron chi connectivity index (χ4n) is 2.55. The monoisotopic (exact) mass is 360 g/mol. The van der Waals surface area contributed by atoms with E-state index < -0.39 is 0 Å². The summed E-state index contributed by atoms with van der Waals surface area (Å²) in [5.41, 5.74) is 5.09. The van der Waals surface area contributed by atoms with Crippen molar-refractivity contribution in [2.24, 2.45) is 0 Å². The van der Waals surface area contributed by atoms with Crippen molar-refractivity contribution in [1.29, 1.82) is 0 Å². The van der Waals surface area contributed by atoms with Crippen LogP contribution in [0.15, 0.2) is 78.9 Å². The number of hydrogen-bond acceptors (Lipinski definition) is 2. The number of amides is 1. The van der Waals surface area contributed by atoms with Gasteiger partial charge in [0.2, 0.25) is 0 Å². The summed E-state index contributed by atoms with van der Waals surface area (Å²) in [5, 5.41) is 6.10. The van der Waals surface area contributed by atoms with Crippen molar-refractivity contribution in [1.82, 2.24) is 10.6 Å². The third kappa shape index (κ3) is 4.77. The van der Waals surface area contributed by atoms with Crippen LogP contribution >= 0.6 is 12.2 Å². The van der Waals surface area contributed by atoms with E-state index in [1.165, 1.54) is 5.56 Å². The zero-order valence-electron chi connectivity index (χ0n) is 14.5. The van der Waals surface area contributed by atoms with Crippen molar-refractivity contribution in [2.75, 3.05) is 0 Å². The van der Waals surface area contributed by atoms with Crippen LogP contribution in [-0.4, -0.2) is 11.0 Å². The summed E-state index contributed by atoms with van der Waals surface area (Å²) in [7, 11) is 0. The number of rotatable bonds is 4. The summed E-state index contributed by atoms with van der Waals surface area (Å²) in [5.74, 6) is -0.217. The molecule has 0 atom stereocenters. The maximum absolute atomic E-state index is 12.3. The van der Waals surface area contributed by atoms with Gasteiger partial charge in [0.05, 0.1) is 0 Å². The molecule has 3 rings (SSSR count). The van der Waals surface area contributed by atoms with E-state index in [1.54, 1.807) is 12.1 Å². The Morgan fingerprint density at radius 3 is 2.12 bits per heavy atom. The third-order valence-corrected chi connectivity index (χ3v) is 4.30. The third-order valence-electron chi connectivity index (χ3n) is 4.05. The highest BCUT2D eigenvalue weighted by atomic mass is 32.1. The molecular weight excluding hydrogens is 340 g/mol. The molecule has 1 amide bonds. The normalized spacial score (nSPS) is 10.2. The SMILES string of the molecule is Cc1ccc(CNC(=S)NC(=O)c2ccc(-c3ccccc3)cc2)cc1. The van der Waals surface area contributed by atoms with E-state index in [-0.39, 0.29) is 5.91 Å². The second-order valence-corrected chi connectivity index (χ2v) is 6.47. The summed E-state index contributed by atoms with van der Waals surface area (Å²) in [4.78, 5) is 12.3. The summed E-state index contributed by atoms with van der Waals surface area (Å²) in [6.45, 7) is 2.62. The number of benzene rings is 3. The van der Waals surface area contributed by atoms with Gasteiger partial charge in [0.25, 0.3) is 5.91 Å². The van der Waals surface area contributed by atoms with Crippen LogP contribution in [0.1, 0.15) is 21.5 Å². The molecule has 4 heteroatoms. The zero-order chi connectivity index (χ0) is 18.4. The maximum Gasteiger partial charge on any atom is 0.257 e. The molecule has 0 bridgehead atoms. The highest BCUT2D eigenvalue weighted by molar-refractivity contribution is 7.80. The molecule has 0 radical (unpaired) electrons. The lowest BCUT2D eigenvalue weighted by atomic mass is 10.0. The summed E-state index contributed by atoms with van der Waals surface area (Å²) >= 11 is 5.21. The summed E-state index contributed by atoms with van der Waals surface area (Å²) in [6, 6.07) is 25.7. The number of carbonyl (C=O) groups is 1. The Morgan fingerprint density at radius 1 is 0.846 bits per heavy atom. The van der Waals surface area contributed by atoms with Gasteiger partial charge in [-0.2, -0.15) is 0 Å². The van der Waals surface area contributed by atoms with Gasteiger partial charge >= 0.3 is 0 Å². The van der Waals surface area contributed by atoms with Crippen molar-refractivity contribution in [3.05, 3.63) is 95.6 Å². The fourth-order valence-corrected chi connectivity index (χ4v) is 2.72. The van der Waals surface area contributed by atoms with Crippen molar-refractivity contribution < 1.29 is 4.79 Å². The molecule has 0 heterocycles. The predicted molar refractivity (Wildman–Crippen MR) is 110 cm³/mol. The Morgan fingerprint density at radius 2 is 1.46 bits per heavy atom. The molecule has 26 heavy (non-hydrogen) atoms. The van der Waals surface area contributed by atoms with E-state index in [2.05, 4.69) is 10.6 Å². The molecule has 2 N–H and O–H groups in total. The van der Waals surface area contributed by atoms with Gasteiger partial charge in [-0.3, -0.25) is 10.1 Å². The summed E-state index contributed by atoms with van der Waals surface area (Å²) < 4.78 is 0. The van der Waals surface area contributed by atoms with Gasteiger partial charge in [-0.05, 0) is 48.0 Å². The Labute approximate surface area is 159 Å². The van der Waals surface area contributed by atoms with Gasteiger partial charge in [-0.1, -0.05) is 72.3 Å². The first kappa shape index (κ1) is 17.8. The highest BCUT2D eigenvalue weighted by Gasteiger charge is 2.08. The summed E-state index contributed by atoms with van der Waals surface area (Å²) in [6.07, 6.45) is 0. The van der Waals surface area contributed by atoms with Crippen LogP contribution in [-0.2, 0) is 6.54 Å². The molecule has 0 aliphatic heterocycles. The Kier molecular flexibility index (Phi) is 5.77. The quantitative estimate of drug-likeness (QED) is 0.675. The minimum atomic E-state index is -0.217. The molecule has 0 saturated heterocycles. The van der Waals surface area contributed by atoms with Crippen LogP contribution in [0.3, 0.4) is 0 Å². The standard InChI is InChI=1S/C22H20N2OS/c1-16-7-9-17(10-8-16)15-23-22(26)24-21(25)20-13-11-19(12-14-20)18-5-3-2-4-6-18/h2-14H,15H2,1H3,(H2,23,24,25,26). The molecule has 0 saturated carbocycles. The first-order valence-electron chi connectivity index (χ1n) is 8.42. The van der Waals surface area contributed by atoms with Crippen LogP contribution in [0.25, 0.3) is 11.1 Å². The van der Waals surface area contributed by atoms with E-state index in [1.807, 2.05) is 73.7 Å². The van der Waals surface area contributed by atoms with E-state index in [0.29, 0.717) is 17.2 Å². The minimum Gasteiger partial charge on any atom is -0.358 e. The Hall–Kier alpha value is -2.98. The first-order chi connectivity index (χ1) is 12.6. The largest absolute Gasteiger partial charge is 0.358 e. The van der Waals surface area contributed by atoms with Crippen LogP contribution < -0.4 is 10.6 Å². The Balaban J connectivity index is 1.55. The molecular formula is C22H20N2OS. The average molecular weight is 360 g/mol. The van der Waals surface area contributed by atoms with E-state index in [4.69, 9.17) is 12.2 Å². The number of aryl methyl sites for hydroxylation is 1. The zero-order valence-corrected chi connectivity index (χ0v) is 15.3. The molecule has 0 aliphatic carbocycles. The van der Waals surface area contributed by atoms with Crippen molar-refractivity contribution in [2.45, 2.75) is 13.5 Å². The second-order valence-electron chi connectivity index (χ2n) is 6.07.